The molecule has 2 aromatic heterocycles. The molecule has 1 fully saturated rings. The molecule has 0 unspecified atom stereocenters. The number of para-hydroxylation sites is 1. The van der Waals surface area contributed by atoms with E-state index < -0.39 is 41.2 Å². The van der Waals surface area contributed by atoms with Crippen molar-refractivity contribution in [3.63, 3.8) is 0 Å². The lowest BCUT2D eigenvalue weighted by atomic mass is 10.0. The Bertz CT molecular complexity index is 1970. The van der Waals surface area contributed by atoms with Crippen LogP contribution in [0.25, 0.3) is 11.8 Å². The van der Waals surface area contributed by atoms with Crippen LogP contribution in [0.15, 0.2) is 54.4 Å². The van der Waals surface area contributed by atoms with Crippen LogP contribution in [0.5, 0.6) is 17.4 Å². The third-order valence-corrected chi connectivity index (χ3v) is 7.79. The fraction of sp³-hybridized carbons (Fsp3) is 0.194. The molecule has 10 nitrogen and oxygen atoms in total. The van der Waals surface area contributed by atoms with E-state index >= 15 is 0 Å². The molecule has 1 aliphatic carbocycles. The second-order valence-electron chi connectivity index (χ2n) is 11.1. The summed E-state index contributed by atoms with van der Waals surface area (Å²) in [5.41, 5.74) is 7.59. The number of nitrogens with zero attached hydrogens (tertiary/aromatic N) is 4. The molecule has 1 aliphatic heterocycles. The summed E-state index contributed by atoms with van der Waals surface area (Å²) >= 11 is 5.31. The van der Waals surface area contributed by atoms with E-state index in [0.29, 0.717) is 28.0 Å². The number of amides is 1. The highest BCUT2D eigenvalue weighted by Gasteiger charge is 2.44. The van der Waals surface area contributed by atoms with Gasteiger partial charge in [0.05, 0.1) is 29.3 Å². The number of allylic oxidation sites excluding steroid dienone is 1. The topological polar surface area (TPSA) is 125 Å². The Labute approximate surface area is 264 Å². The first kappa shape index (κ1) is 30.7. The Morgan fingerprint density at radius 2 is 1.85 bits per heavy atom. The number of aryl methyl sites for hydroxylation is 1. The minimum absolute atomic E-state index is 0.00991. The molecular formula is C31H24F4N6O4S. The molecule has 2 aliphatic rings. The Hall–Kier alpha value is -5.31. The van der Waals surface area contributed by atoms with Crippen LogP contribution in [0.1, 0.15) is 40.9 Å². The number of ketones is 1. The number of carbonyl (C=O) groups excluding carboxylic acids is 2. The minimum atomic E-state index is -3.18. The lowest BCUT2D eigenvalue weighted by Crippen LogP contribution is -2.40. The number of anilines is 2. The summed E-state index contributed by atoms with van der Waals surface area (Å²) in [6.45, 7) is 1.71. The van der Waals surface area contributed by atoms with Crippen molar-refractivity contribution in [3.05, 3.63) is 88.3 Å². The van der Waals surface area contributed by atoms with E-state index in [9.17, 15) is 27.2 Å². The van der Waals surface area contributed by atoms with Crippen molar-refractivity contribution in [1.29, 1.82) is 0 Å². The summed E-state index contributed by atoms with van der Waals surface area (Å²) in [7, 11) is 0. The van der Waals surface area contributed by atoms with Crippen LogP contribution < -0.4 is 25.4 Å². The third kappa shape index (κ3) is 5.31. The van der Waals surface area contributed by atoms with Gasteiger partial charge in [-0.25, -0.2) is 18.4 Å². The van der Waals surface area contributed by atoms with Crippen molar-refractivity contribution >= 4 is 46.6 Å². The highest BCUT2D eigenvalue weighted by atomic mass is 32.1. The number of alkyl halides is 2. The summed E-state index contributed by atoms with van der Waals surface area (Å²) in [4.78, 5) is 31.9. The molecule has 0 spiro atoms. The fourth-order valence-corrected chi connectivity index (χ4v) is 5.66. The third-order valence-electron chi connectivity index (χ3n) is 7.50. The Balaban J connectivity index is 1.27. The monoisotopic (exact) mass is 652 g/mol. The maximum absolute atomic E-state index is 14.0. The zero-order valence-electron chi connectivity index (χ0n) is 24.4. The summed E-state index contributed by atoms with van der Waals surface area (Å²) in [6.07, 6.45) is 4.25. The molecule has 4 aromatic rings. The molecule has 0 saturated carbocycles. The van der Waals surface area contributed by atoms with Crippen LogP contribution in [0, 0.1) is 18.6 Å². The number of hydrogen-bond donors (Lipinski definition) is 2. The molecule has 15 heteroatoms. The molecule has 3 N–H and O–H groups in total. The van der Waals surface area contributed by atoms with Crippen LogP contribution in [-0.4, -0.2) is 43.7 Å². The van der Waals surface area contributed by atoms with Gasteiger partial charge in [0, 0.05) is 18.1 Å². The highest BCUT2D eigenvalue weighted by molar-refractivity contribution is 7.80. The van der Waals surface area contributed by atoms with E-state index in [1.807, 2.05) is 0 Å². The number of aromatic nitrogens is 3. The fourth-order valence-electron chi connectivity index (χ4n) is 5.22. The standard InChI is InChI=1S/C31H24F4N6O4S/c1-14-7-24(45-26-19(32)5-4-6-20(26)33)37-13-22(14)41-27(36)18(12-38-41)25(42)17-8-15-10-21(23(44-29(34)35)11-16(15)9-17)40-28(43)31(2,3)39-30(40)46/h4-7,9-13,29H,8,36H2,1-3H3,(H,39,46). The quantitative estimate of drug-likeness (QED) is 0.141. The maximum Gasteiger partial charge on any atom is 0.387 e. The number of Topliss-reactive ketones (excluding diaryl/α,β-unsaturated/α-hetero) is 1. The molecule has 46 heavy (non-hydrogen) atoms. The highest BCUT2D eigenvalue weighted by Crippen LogP contribution is 2.40. The van der Waals surface area contributed by atoms with E-state index in [1.165, 1.54) is 47.4 Å². The van der Waals surface area contributed by atoms with Crippen LogP contribution in [-0.2, 0) is 11.2 Å². The van der Waals surface area contributed by atoms with E-state index in [4.69, 9.17) is 27.4 Å². The predicted octanol–water partition coefficient (Wildman–Crippen LogP) is 5.65. The van der Waals surface area contributed by atoms with Crippen molar-refractivity contribution in [2.24, 2.45) is 0 Å². The second-order valence-corrected chi connectivity index (χ2v) is 11.5. The van der Waals surface area contributed by atoms with Crippen molar-refractivity contribution < 1.29 is 36.6 Å². The second kappa shape index (κ2) is 11.2. The van der Waals surface area contributed by atoms with E-state index in [0.717, 1.165) is 17.0 Å². The number of rotatable bonds is 8. The zero-order chi connectivity index (χ0) is 33.1. The van der Waals surface area contributed by atoms with Crippen LogP contribution in [0.4, 0.5) is 29.1 Å². The first-order valence-corrected chi connectivity index (χ1v) is 14.1. The number of hydrogen-bond acceptors (Lipinski definition) is 8. The van der Waals surface area contributed by atoms with Gasteiger partial charge < -0.3 is 20.5 Å². The molecular weight excluding hydrogens is 628 g/mol. The number of benzene rings is 2. The van der Waals surface area contributed by atoms with Crippen molar-refractivity contribution in [3.8, 4) is 23.1 Å². The number of nitrogens with two attached hydrogens (primary N) is 1. The number of pyridine rings is 1. The molecule has 6 rings (SSSR count). The molecule has 0 radical (unpaired) electrons. The summed E-state index contributed by atoms with van der Waals surface area (Å²) in [5.74, 6) is -3.68. The Morgan fingerprint density at radius 1 is 1.13 bits per heavy atom. The van der Waals surface area contributed by atoms with Gasteiger partial charge in [0.1, 0.15) is 11.4 Å². The Morgan fingerprint density at radius 3 is 2.48 bits per heavy atom. The van der Waals surface area contributed by atoms with Crippen molar-refractivity contribution in [2.45, 2.75) is 39.3 Å². The zero-order valence-corrected chi connectivity index (χ0v) is 25.2. The first-order chi connectivity index (χ1) is 21.7. The summed E-state index contributed by atoms with van der Waals surface area (Å²) < 4.78 is 66.1. The lowest BCUT2D eigenvalue weighted by Gasteiger charge is -2.21. The van der Waals surface area contributed by atoms with Crippen molar-refractivity contribution in [2.75, 3.05) is 10.6 Å². The van der Waals surface area contributed by atoms with E-state index in [1.54, 1.807) is 20.8 Å². The molecule has 1 amide bonds. The van der Waals surface area contributed by atoms with Gasteiger partial charge >= 0.3 is 6.61 Å². The normalized spacial score (nSPS) is 15.2. The van der Waals surface area contributed by atoms with Gasteiger partial charge in [-0.2, -0.15) is 13.9 Å². The number of ether oxygens (including phenoxy) is 2. The predicted molar refractivity (Wildman–Crippen MR) is 163 cm³/mol. The maximum atomic E-state index is 14.0. The SMILES string of the molecule is Cc1cc(Oc2c(F)cccc2F)ncc1-n1ncc(C(=O)C2=Cc3cc(OC(F)F)c(N4C(=O)C(C)(C)NC4=S)cc3C2)c1N. The summed E-state index contributed by atoms with van der Waals surface area (Å²) in [5, 5.41) is 7.14. The van der Waals surface area contributed by atoms with Crippen LogP contribution >= 0.6 is 12.2 Å². The van der Waals surface area contributed by atoms with Gasteiger partial charge in [0.25, 0.3) is 5.91 Å². The summed E-state index contributed by atoms with van der Waals surface area (Å²) in [6, 6.07) is 7.58. The number of thiocarbonyl (C=S) groups is 1. The molecule has 0 bridgehead atoms. The number of fused-ring (bicyclic) bond motifs is 1. The van der Waals surface area contributed by atoms with Crippen LogP contribution in [0.2, 0.25) is 0 Å². The Kier molecular flexibility index (Phi) is 7.51. The molecule has 1 saturated heterocycles. The number of halogens is 4. The minimum Gasteiger partial charge on any atom is -0.433 e. The van der Waals surface area contributed by atoms with Gasteiger partial charge in [0.2, 0.25) is 11.6 Å². The van der Waals surface area contributed by atoms with Crippen molar-refractivity contribution in [1.82, 2.24) is 20.1 Å². The first-order valence-electron chi connectivity index (χ1n) is 13.7. The van der Waals surface area contributed by atoms with Gasteiger partial charge in [-0.05, 0) is 80.0 Å². The molecule has 2 aromatic carbocycles. The van der Waals surface area contributed by atoms with Gasteiger partial charge in [-0.3, -0.25) is 14.5 Å². The lowest BCUT2D eigenvalue weighted by molar-refractivity contribution is -0.121. The van der Waals surface area contributed by atoms with Gasteiger partial charge in [0.15, 0.2) is 28.3 Å². The smallest absolute Gasteiger partial charge is 0.387 e. The van der Waals surface area contributed by atoms with E-state index in [-0.39, 0.29) is 40.2 Å². The van der Waals surface area contributed by atoms with Crippen LogP contribution in [0.3, 0.4) is 0 Å². The average molecular weight is 653 g/mol. The molecule has 0 atom stereocenters. The van der Waals surface area contributed by atoms with Gasteiger partial charge in [-0.1, -0.05) is 6.07 Å². The van der Waals surface area contributed by atoms with Gasteiger partial charge in [-0.15, -0.1) is 0 Å². The average Bonchev–Trinajstić information content (AvgIpc) is 3.62. The number of carbonyl (C=O) groups is 2. The number of nitrogens with one attached hydrogen (secondary N) is 1. The molecule has 3 heterocycles. The largest absolute Gasteiger partial charge is 0.433 e. The van der Waals surface area contributed by atoms with E-state index in [2.05, 4.69) is 15.4 Å². The molecule has 236 valence electrons. The number of nitrogen functional groups attached to an aromatic ring is 1.